The number of likely N-dealkylation sites (tertiary alicyclic amines) is 2. The fraction of sp³-hybridized carbons (Fsp3) is 0.417. The van der Waals surface area contributed by atoms with Crippen molar-refractivity contribution in [1.82, 2.24) is 9.80 Å². The molecule has 2 aliphatic rings. The third-order valence-corrected chi connectivity index (χ3v) is 6.24. The van der Waals surface area contributed by atoms with Gasteiger partial charge in [-0.2, -0.15) is 0 Å². The van der Waals surface area contributed by atoms with E-state index in [1.54, 1.807) is 0 Å². The minimum absolute atomic E-state index is 0.0134. The minimum Gasteiger partial charge on any atom is -0.484 e. The molecule has 0 aliphatic carbocycles. The van der Waals surface area contributed by atoms with E-state index in [0.29, 0.717) is 26.1 Å². The molecule has 29 heavy (non-hydrogen) atoms. The van der Waals surface area contributed by atoms with Crippen LogP contribution in [0.2, 0.25) is 0 Å². The molecule has 5 heteroatoms. The summed E-state index contributed by atoms with van der Waals surface area (Å²) >= 11 is 0. The molecule has 0 saturated carbocycles. The predicted octanol–water partition coefficient (Wildman–Crippen LogP) is 3.42. The summed E-state index contributed by atoms with van der Waals surface area (Å²) < 4.78 is 5.72. The number of ether oxygens (including phenoxy) is 1. The van der Waals surface area contributed by atoms with E-state index in [1.165, 1.54) is 5.56 Å². The average molecular weight is 392 g/mol. The number of hydrogen-bond acceptors (Lipinski definition) is 3. The van der Waals surface area contributed by atoms with Gasteiger partial charge in [-0.15, -0.1) is 0 Å². The van der Waals surface area contributed by atoms with Crippen LogP contribution in [0.5, 0.6) is 5.75 Å². The van der Waals surface area contributed by atoms with Crippen molar-refractivity contribution in [3.05, 3.63) is 65.7 Å². The van der Waals surface area contributed by atoms with E-state index in [9.17, 15) is 9.59 Å². The van der Waals surface area contributed by atoms with Gasteiger partial charge in [0.15, 0.2) is 6.61 Å². The minimum atomic E-state index is 0.0134. The first-order valence-electron chi connectivity index (χ1n) is 10.3. The van der Waals surface area contributed by atoms with Crippen LogP contribution in [-0.2, 0) is 16.1 Å². The van der Waals surface area contributed by atoms with Gasteiger partial charge < -0.3 is 14.5 Å². The summed E-state index contributed by atoms with van der Waals surface area (Å²) in [4.78, 5) is 29.0. The summed E-state index contributed by atoms with van der Waals surface area (Å²) in [6.07, 6.45) is 2.35. The summed E-state index contributed by atoms with van der Waals surface area (Å²) in [7, 11) is 0. The second-order valence-electron chi connectivity index (χ2n) is 8.35. The molecule has 2 heterocycles. The van der Waals surface area contributed by atoms with Gasteiger partial charge in [-0.25, -0.2) is 0 Å². The number of piperidine rings is 1. The third kappa shape index (κ3) is 4.44. The first kappa shape index (κ1) is 19.5. The summed E-state index contributed by atoms with van der Waals surface area (Å²) in [6, 6.07) is 17.9. The number of aryl methyl sites for hydroxylation is 1. The van der Waals surface area contributed by atoms with E-state index in [1.807, 2.05) is 59.2 Å². The fourth-order valence-corrected chi connectivity index (χ4v) is 4.44. The quantitative estimate of drug-likeness (QED) is 0.784. The van der Waals surface area contributed by atoms with Crippen molar-refractivity contribution in [2.45, 2.75) is 32.7 Å². The molecular weight excluding hydrogens is 364 g/mol. The van der Waals surface area contributed by atoms with Crippen molar-refractivity contribution < 1.29 is 14.3 Å². The zero-order valence-electron chi connectivity index (χ0n) is 17.0. The lowest BCUT2D eigenvalue weighted by atomic mass is 9.77. The number of benzene rings is 2. The van der Waals surface area contributed by atoms with Gasteiger partial charge >= 0.3 is 0 Å². The van der Waals surface area contributed by atoms with Crippen LogP contribution in [0, 0.1) is 12.3 Å². The van der Waals surface area contributed by atoms with Crippen LogP contribution in [0.15, 0.2) is 54.6 Å². The first-order valence-corrected chi connectivity index (χ1v) is 10.3. The number of hydrogen-bond donors (Lipinski definition) is 0. The Morgan fingerprint density at radius 3 is 2.45 bits per heavy atom. The average Bonchev–Trinajstić information content (AvgIpc) is 3.03. The molecule has 0 unspecified atom stereocenters. The number of carbonyl (C=O) groups excluding carboxylic acids is 2. The maximum absolute atomic E-state index is 12.6. The highest BCUT2D eigenvalue weighted by atomic mass is 16.5. The number of rotatable bonds is 5. The lowest BCUT2D eigenvalue weighted by Gasteiger charge is -2.38. The normalized spacial score (nSPS) is 18.3. The zero-order valence-corrected chi connectivity index (χ0v) is 17.0. The van der Waals surface area contributed by atoms with Crippen molar-refractivity contribution in [2.24, 2.45) is 5.41 Å². The molecule has 2 fully saturated rings. The highest BCUT2D eigenvalue weighted by Crippen LogP contribution is 2.41. The molecule has 5 nitrogen and oxygen atoms in total. The Balaban J connectivity index is 1.29. The van der Waals surface area contributed by atoms with Crippen LogP contribution in [0.25, 0.3) is 0 Å². The van der Waals surface area contributed by atoms with Crippen LogP contribution in [0.4, 0.5) is 0 Å². The molecule has 0 atom stereocenters. The van der Waals surface area contributed by atoms with Crippen LogP contribution in [0.1, 0.15) is 30.4 Å². The van der Waals surface area contributed by atoms with E-state index in [-0.39, 0.29) is 23.8 Å². The molecule has 0 radical (unpaired) electrons. The van der Waals surface area contributed by atoms with Crippen LogP contribution < -0.4 is 4.74 Å². The lowest BCUT2D eigenvalue weighted by Crippen LogP contribution is -2.45. The predicted molar refractivity (Wildman–Crippen MR) is 111 cm³/mol. The molecule has 0 bridgehead atoms. The van der Waals surface area contributed by atoms with Gasteiger partial charge in [-0.05, 0) is 37.0 Å². The van der Waals surface area contributed by atoms with E-state index >= 15 is 0 Å². The number of carbonyl (C=O) groups is 2. The second kappa shape index (κ2) is 8.27. The van der Waals surface area contributed by atoms with Crippen molar-refractivity contribution in [3.63, 3.8) is 0 Å². The Kier molecular flexibility index (Phi) is 5.56. The summed E-state index contributed by atoms with van der Waals surface area (Å²) in [5.41, 5.74) is 2.21. The summed E-state index contributed by atoms with van der Waals surface area (Å²) in [5, 5.41) is 0. The van der Waals surface area contributed by atoms with Crippen LogP contribution in [0.3, 0.4) is 0 Å². The molecule has 0 aromatic heterocycles. The number of para-hydroxylation sites is 1. The van der Waals surface area contributed by atoms with Crippen molar-refractivity contribution >= 4 is 11.8 Å². The highest BCUT2D eigenvalue weighted by Gasteiger charge is 2.45. The molecule has 2 aromatic carbocycles. The Bertz CT molecular complexity index is 873. The van der Waals surface area contributed by atoms with Crippen molar-refractivity contribution in [3.8, 4) is 5.75 Å². The molecule has 2 aromatic rings. The smallest absolute Gasteiger partial charge is 0.260 e. The van der Waals surface area contributed by atoms with Gasteiger partial charge in [-0.1, -0.05) is 48.5 Å². The lowest BCUT2D eigenvalue weighted by molar-refractivity contribution is -0.135. The maximum atomic E-state index is 12.6. The molecule has 152 valence electrons. The van der Waals surface area contributed by atoms with Crippen LogP contribution >= 0.6 is 0 Å². The Morgan fingerprint density at radius 2 is 1.72 bits per heavy atom. The second-order valence-corrected chi connectivity index (χ2v) is 8.35. The van der Waals surface area contributed by atoms with Crippen molar-refractivity contribution in [2.75, 3.05) is 26.2 Å². The molecule has 4 rings (SSSR count). The summed E-state index contributed by atoms with van der Waals surface area (Å²) in [6.45, 7) is 4.90. The molecular formula is C24H28N2O3. The highest BCUT2D eigenvalue weighted by molar-refractivity contribution is 5.80. The fourth-order valence-electron chi connectivity index (χ4n) is 4.44. The van der Waals surface area contributed by atoms with Gasteiger partial charge in [0.1, 0.15) is 5.75 Å². The molecule has 2 amide bonds. The van der Waals surface area contributed by atoms with Crippen LogP contribution in [-0.4, -0.2) is 47.9 Å². The topological polar surface area (TPSA) is 49.9 Å². The zero-order chi connectivity index (χ0) is 20.3. The Hall–Kier alpha value is -2.82. The van der Waals surface area contributed by atoms with Gasteiger partial charge in [0.25, 0.3) is 5.91 Å². The standard InChI is InChI=1S/C24H28N2O3/c1-19-7-5-6-10-21(19)29-17-23(28)25-13-11-24(12-14-25)15-22(27)26(18-24)16-20-8-3-2-4-9-20/h2-10H,11-18H2,1H3. The third-order valence-electron chi connectivity index (χ3n) is 6.24. The van der Waals surface area contributed by atoms with Gasteiger partial charge in [-0.3, -0.25) is 9.59 Å². The number of nitrogens with zero attached hydrogens (tertiary/aromatic N) is 2. The van der Waals surface area contributed by atoms with E-state index in [4.69, 9.17) is 4.74 Å². The van der Waals surface area contributed by atoms with E-state index in [0.717, 1.165) is 30.7 Å². The maximum Gasteiger partial charge on any atom is 0.260 e. The Morgan fingerprint density at radius 1 is 1.03 bits per heavy atom. The van der Waals surface area contributed by atoms with Gasteiger partial charge in [0.05, 0.1) is 0 Å². The molecule has 1 spiro atoms. The summed E-state index contributed by atoms with van der Waals surface area (Å²) in [5.74, 6) is 1.01. The SMILES string of the molecule is Cc1ccccc1OCC(=O)N1CCC2(CC1)CC(=O)N(Cc1ccccc1)C2. The number of amides is 2. The Labute approximate surface area is 172 Å². The van der Waals surface area contributed by atoms with Crippen molar-refractivity contribution in [1.29, 1.82) is 0 Å². The molecule has 0 N–H and O–H groups in total. The van der Waals surface area contributed by atoms with E-state index < -0.39 is 0 Å². The monoisotopic (exact) mass is 392 g/mol. The van der Waals surface area contributed by atoms with Gasteiger partial charge in [0, 0.05) is 38.0 Å². The largest absolute Gasteiger partial charge is 0.484 e. The van der Waals surface area contributed by atoms with Gasteiger partial charge in [0.2, 0.25) is 5.91 Å². The molecule has 2 aliphatic heterocycles. The first-order chi connectivity index (χ1) is 14.0. The van der Waals surface area contributed by atoms with E-state index in [2.05, 4.69) is 12.1 Å². The molecule has 2 saturated heterocycles.